The molecule has 0 spiro atoms. The van der Waals surface area contributed by atoms with Gasteiger partial charge in [-0.1, -0.05) is 30.2 Å². The molecule has 1 aromatic rings. The molecular weight excluding hydrogens is 388 g/mol. The quantitative estimate of drug-likeness (QED) is 0.290. The molecule has 0 saturated heterocycles. The summed E-state index contributed by atoms with van der Waals surface area (Å²) in [6.07, 6.45) is 13.1. The van der Waals surface area contributed by atoms with Crippen molar-refractivity contribution in [3.8, 4) is 17.8 Å². The van der Waals surface area contributed by atoms with Crippen molar-refractivity contribution in [3.63, 3.8) is 0 Å². The summed E-state index contributed by atoms with van der Waals surface area (Å²) in [5, 5.41) is 0. The largest absolute Gasteiger partial charge is 0.486 e. The van der Waals surface area contributed by atoms with Gasteiger partial charge in [0.25, 0.3) is 0 Å². The molecule has 31 heavy (non-hydrogen) atoms. The van der Waals surface area contributed by atoms with Crippen molar-refractivity contribution < 1.29 is 19.1 Å². The molecule has 1 heterocycles. The van der Waals surface area contributed by atoms with E-state index < -0.39 is 5.60 Å². The molecule has 0 fully saturated rings. The molecule has 0 N–H and O–H groups in total. The molecule has 4 nitrogen and oxygen atoms in total. The summed E-state index contributed by atoms with van der Waals surface area (Å²) >= 11 is 0. The van der Waals surface area contributed by atoms with Gasteiger partial charge in [0.2, 0.25) is 0 Å². The van der Waals surface area contributed by atoms with Gasteiger partial charge >= 0.3 is 0 Å². The third-order valence-corrected chi connectivity index (χ3v) is 6.10. The van der Waals surface area contributed by atoms with Gasteiger partial charge in [0, 0.05) is 16.7 Å². The zero-order chi connectivity index (χ0) is 23.0. The lowest BCUT2D eigenvalue weighted by Gasteiger charge is -2.42. The zero-order valence-corrected chi connectivity index (χ0v) is 19.6. The van der Waals surface area contributed by atoms with E-state index in [0.29, 0.717) is 35.0 Å². The Morgan fingerprint density at radius 3 is 2.58 bits per heavy atom. The minimum absolute atomic E-state index is 0.226. The third kappa shape index (κ3) is 6.10. The summed E-state index contributed by atoms with van der Waals surface area (Å²) in [7, 11) is 1.49. The Morgan fingerprint density at radius 2 is 1.97 bits per heavy atom. The Bertz CT molecular complexity index is 938. The summed E-state index contributed by atoms with van der Waals surface area (Å²) < 4.78 is 11.4. The Labute approximate surface area is 186 Å². The van der Waals surface area contributed by atoms with Crippen LogP contribution >= 0.6 is 0 Å². The van der Waals surface area contributed by atoms with Crippen molar-refractivity contribution in [3.05, 3.63) is 51.6 Å². The zero-order valence-electron chi connectivity index (χ0n) is 19.6. The van der Waals surface area contributed by atoms with Crippen molar-refractivity contribution in [2.45, 2.75) is 72.3 Å². The number of carbonyl (C=O) groups is 2. The number of aldehydes is 2. The van der Waals surface area contributed by atoms with E-state index in [0.717, 1.165) is 37.7 Å². The first-order valence-electron chi connectivity index (χ1n) is 10.9. The molecule has 2 unspecified atom stereocenters. The van der Waals surface area contributed by atoms with Crippen LogP contribution in [-0.4, -0.2) is 25.3 Å². The molecule has 1 aliphatic heterocycles. The number of fused-ring (bicyclic) bond motifs is 1. The Hall–Kier alpha value is -2.80. The van der Waals surface area contributed by atoms with Gasteiger partial charge in [-0.2, -0.15) is 0 Å². The highest BCUT2D eigenvalue weighted by Gasteiger charge is 2.40. The first kappa shape index (κ1) is 24.5. The fraction of sp³-hybridized carbons (Fsp3) is 0.481. The topological polar surface area (TPSA) is 52.6 Å². The molecule has 1 aromatic carbocycles. The summed E-state index contributed by atoms with van der Waals surface area (Å²) in [6.45, 7) is 10.7. The molecule has 2 rings (SSSR count). The van der Waals surface area contributed by atoms with E-state index in [2.05, 4.69) is 58.8 Å². The van der Waals surface area contributed by atoms with Gasteiger partial charge in [0.05, 0.1) is 12.7 Å². The predicted molar refractivity (Wildman–Crippen MR) is 125 cm³/mol. The summed E-state index contributed by atoms with van der Waals surface area (Å²) in [4.78, 5) is 23.4. The molecule has 166 valence electrons. The van der Waals surface area contributed by atoms with Crippen molar-refractivity contribution in [2.75, 3.05) is 7.11 Å². The van der Waals surface area contributed by atoms with Crippen molar-refractivity contribution in [1.29, 1.82) is 0 Å². The number of rotatable bonds is 8. The van der Waals surface area contributed by atoms with Crippen LogP contribution in [0.25, 0.3) is 0 Å². The summed E-state index contributed by atoms with van der Waals surface area (Å²) in [5.41, 5.74) is 4.43. The highest BCUT2D eigenvalue weighted by Crippen LogP contribution is 2.43. The first-order valence-corrected chi connectivity index (χ1v) is 10.9. The number of carbonyl (C=O) groups excluding carboxylic acids is 2. The van der Waals surface area contributed by atoms with Crippen LogP contribution in [0.3, 0.4) is 0 Å². The highest BCUT2D eigenvalue weighted by atomic mass is 16.5. The van der Waals surface area contributed by atoms with Crippen LogP contribution < -0.4 is 4.74 Å². The number of hydrogen-bond donors (Lipinski definition) is 0. The van der Waals surface area contributed by atoms with E-state index in [1.807, 2.05) is 0 Å². The second kappa shape index (κ2) is 11.0. The molecule has 2 atom stereocenters. The van der Waals surface area contributed by atoms with Crippen LogP contribution in [0.1, 0.15) is 92.1 Å². The lowest BCUT2D eigenvalue weighted by molar-refractivity contribution is 0.00963. The maximum atomic E-state index is 11.8. The predicted octanol–water partition coefficient (Wildman–Crippen LogP) is 6.07. The lowest BCUT2D eigenvalue weighted by Crippen LogP contribution is -2.44. The van der Waals surface area contributed by atoms with Gasteiger partial charge in [0.15, 0.2) is 12.6 Å². The fourth-order valence-corrected chi connectivity index (χ4v) is 3.94. The molecule has 0 bridgehead atoms. The molecule has 0 aliphatic carbocycles. The van der Waals surface area contributed by atoms with Crippen LogP contribution in [0.2, 0.25) is 0 Å². The Morgan fingerprint density at radius 1 is 1.23 bits per heavy atom. The van der Waals surface area contributed by atoms with E-state index in [1.165, 1.54) is 18.3 Å². The number of benzene rings is 1. The van der Waals surface area contributed by atoms with E-state index >= 15 is 0 Å². The van der Waals surface area contributed by atoms with Gasteiger partial charge < -0.3 is 9.47 Å². The fourth-order valence-electron chi connectivity index (χ4n) is 3.94. The van der Waals surface area contributed by atoms with Gasteiger partial charge in [-0.3, -0.25) is 9.59 Å². The second-order valence-corrected chi connectivity index (χ2v) is 8.83. The molecule has 4 heteroatoms. The second-order valence-electron chi connectivity index (χ2n) is 8.83. The summed E-state index contributed by atoms with van der Waals surface area (Å²) in [6, 6.07) is 1.65. The van der Waals surface area contributed by atoms with Crippen LogP contribution in [0.4, 0.5) is 0 Å². The van der Waals surface area contributed by atoms with Crippen molar-refractivity contribution in [2.24, 2.45) is 5.92 Å². The minimum atomic E-state index is -0.436. The van der Waals surface area contributed by atoms with Crippen molar-refractivity contribution in [1.82, 2.24) is 0 Å². The number of ether oxygens (including phenoxy) is 2. The van der Waals surface area contributed by atoms with Crippen LogP contribution in [0, 0.1) is 17.9 Å². The maximum absolute atomic E-state index is 11.8. The lowest BCUT2D eigenvalue weighted by atomic mass is 9.77. The first-order chi connectivity index (χ1) is 14.8. The molecular formula is C27H34O4. The third-order valence-electron chi connectivity index (χ3n) is 6.10. The number of hydrogen-bond acceptors (Lipinski definition) is 4. The van der Waals surface area contributed by atoms with Crippen molar-refractivity contribution >= 4 is 12.6 Å². The average molecular weight is 423 g/mol. The van der Waals surface area contributed by atoms with E-state index in [1.54, 1.807) is 6.07 Å². The molecule has 0 aromatic heterocycles. The molecule has 0 amide bonds. The Balaban J connectivity index is 2.29. The van der Waals surface area contributed by atoms with Gasteiger partial charge in [-0.05, 0) is 77.7 Å². The maximum Gasteiger partial charge on any atom is 0.154 e. The van der Waals surface area contributed by atoms with E-state index in [9.17, 15) is 9.59 Å². The number of allylic oxidation sites excluding steroid dienone is 4. The summed E-state index contributed by atoms with van der Waals surface area (Å²) in [5.74, 6) is 3.66. The smallest absolute Gasteiger partial charge is 0.154 e. The van der Waals surface area contributed by atoms with Gasteiger partial charge in [-0.15, -0.1) is 0 Å². The number of methoxy groups -OCH3 is 1. The molecule has 0 saturated carbocycles. The Kier molecular flexibility index (Phi) is 8.68. The highest BCUT2D eigenvalue weighted by molar-refractivity contribution is 5.94. The average Bonchev–Trinajstić information content (AvgIpc) is 2.72. The normalized spacial score (nSPS) is 19.9. The monoisotopic (exact) mass is 422 g/mol. The van der Waals surface area contributed by atoms with Crippen LogP contribution in [0.5, 0.6) is 5.75 Å². The van der Waals surface area contributed by atoms with E-state index in [4.69, 9.17) is 9.47 Å². The van der Waals surface area contributed by atoms with E-state index in [-0.39, 0.29) is 5.92 Å². The standard InChI is InChI=1S/C27H34O4/c1-19(2)9-7-10-20(3)11-8-13-27(5)21(4)15-24-22(12-14-30-6)16-23(17-28)25(18-29)26(24)31-27/h9,11,16-18,21H,7-8,10,13,15H2,1-6H3/b20-11+. The molecule has 1 aliphatic rings. The van der Waals surface area contributed by atoms with Gasteiger partial charge in [-0.25, -0.2) is 0 Å². The molecule has 0 radical (unpaired) electrons. The minimum Gasteiger partial charge on any atom is -0.486 e. The van der Waals surface area contributed by atoms with Crippen LogP contribution in [-0.2, 0) is 11.2 Å². The SMILES string of the molecule is COC#Cc1cc(C=O)c(C=O)c2c1CC(C)C(C)(CC/C=C(\C)CCC=C(C)C)O2. The van der Waals surface area contributed by atoms with Crippen LogP contribution in [0.15, 0.2) is 29.4 Å². The van der Waals surface area contributed by atoms with Gasteiger partial charge in [0.1, 0.15) is 17.5 Å².